The summed E-state index contributed by atoms with van der Waals surface area (Å²) in [6.45, 7) is 4.47. The molecule has 0 amide bonds. The summed E-state index contributed by atoms with van der Waals surface area (Å²) in [5, 5.41) is 3.76. The lowest BCUT2D eigenvalue weighted by Crippen LogP contribution is -2.33. The second kappa shape index (κ2) is 6.09. The van der Waals surface area contributed by atoms with E-state index in [4.69, 9.17) is 4.99 Å². The van der Waals surface area contributed by atoms with Crippen molar-refractivity contribution in [3.63, 3.8) is 0 Å². The van der Waals surface area contributed by atoms with E-state index in [-0.39, 0.29) is 0 Å². The molecule has 20 heavy (non-hydrogen) atoms. The molecule has 108 valence electrons. The molecule has 1 aliphatic heterocycles. The van der Waals surface area contributed by atoms with Crippen LogP contribution in [0.25, 0.3) is 0 Å². The molecule has 2 nitrogen and oxygen atoms in total. The molecule has 1 N–H and O–H groups in total. The van der Waals surface area contributed by atoms with E-state index in [0.717, 1.165) is 17.6 Å². The van der Waals surface area contributed by atoms with Gasteiger partial charge >= 0.3 is 0 Å². The van der Waals surface area contributed by atoms with Gasteiger partial charge in [-0.05, 0) is 42.7 Å². The van der Waals surface area contributed by atoms with Gasteiger partial charge in [0.1, 0.15) is 0 Å². The quantitative estimate of drug-likeness (QED) is 0.807. The number of nitrogens with one attached hydrogen (secondary N) is 1. The zero-order valence-corrected chi connectivity index (χ0v) is 12.7. The molecule has 2 heteroatoms. The van der Waals surface area contributed by atoms with E-state index in [0.29, 0.717) is 12.0 Å². The minimum atomic E-state index is 0.475. The first kappa shape index (κ1) is 13.8. The summed E-state index contributed by atoms with van der Waals surface area (Å²) < 4.78 is 0. The van der Waals surface area contributed by atoms with Crippen LogP contribution in [0.3, 0.4) is 0 Å². The SMILES string of the molecule is CC(C)c1ccccc1N=CC1CC2CCCCC2N1. The van der Waals surface area contributed by atoms with E-state index in [1.807, 2.05) is 0 Å². The predicted molar refractivity (Wildman–Crippen MR) is 86.0 cm³/mol. The third-order valence-corrected chi connectivity index (χ3v) is 4.85. The monoisotopic (exact) mass is 270 g/mol. The molecule has 0 spiro atoms. The van der Waals surface area contributed by atoms with Crippen LogP contribution in [0.2, 0.25) is 0 Å². The van der Waals surface area contributed by atoms with Gasteiger partial charge in [0.05, 0.1) is 5.69 Å². The first-order chi connectivity index (χ1) is 9.74. The van der Waals surface area contributed by atoms with Crippen LogP contribution in [0, 0.1) is 5.92 Å². The lowest BCUT2D eigenvalue weighted by molar-refractivity contribution is 0.326. The van der Waals surface area contributed by atoms with Gasteiger partial charge in [0.2, 0.25) is 0 Å². The van der Waals surface area contributed by atoms with Crippen molar-refractivity contribution in [1.82, 2.24) is 5.32 Å². The van der Waals surface area contributed by atoms with E-state index in [1.165, 1.54) is 37.7 Å². The molecular weight excluding hydrogens is 244 g/mol. The van der Waals surface area contributed by atoms with Crippen LogP contribution in [-0.4, -0.2) is 18.3 Å². The van der Waals surface area contributed by atoms with Crippen molar-refractivity contribution in [3.8, 4) is 0 Å². The van der Waals surface area contributed by atoms with Gasteiger partial charge in [-0.1, -0.05) is 44.9 Å². The Morgan fingerprint density at radius 2 is 2.00 bits per heavy atom. The minimum Gasteiger partial charge on any atom is -0.306 e. The number of fused-ring (bicyclic) bond motifs is 1. The van der Waals surface area contributed by atoms with Crippen molar-refractivity contribution in [1.29, 1.82) is 0 Å². The molecule has 3 atom stereocenters. The van der Waals surface area contributed by atoms with Crippen LogP contribution in [0.5, 0.6) is 0 Å². The van der Waals surface area contributed by atoms with Crippen molar-refractivity contribution < 1.29 is 0 Å². The Morgan fingerprint density at radius 1 is 1.20 bits per heavy atom. The highest BCUT2D eigenvalue weighted by atomic mass is 15.0. The fourth-order valence-electron chi connectivity index (χ4n) is 3.75. The maximum absolute atomic E-state index is 4.78. The van der Waals surface area contributed by atoms with Gasteiger partial charge < -0.3 is 5.32 Å². The molecule has 0 radical (unpaired) electrons. The second-order valence-electron chi connectivity index (χ2n) is 6.65. The third-order valence-electron chi connectivity index (χ3n) is 4.85. The molecule has 1 saturated heterocycles. The summed E-state index contributed by atoms with van der Waals surface area (Å²) in [5.74, 6) is 1.42. The fraction of sp³-hybridized carbons (Fsp3) is 0.611. The average Bonchev–Trinajstić information content (AvgIpc) is 2.88. The van der Waals surface area contributed by atoms with Crippen LogP contribution in [0.4, 0.5) is 5.69 Å². The van der Waals surface area contributed by atoms with Crippen LogP contribution >= 0.6 is 0 Å². The van der Waals surface area contributed by atoms with Gasteiger partial charge in [-0.25, -0.2) is 0 Å². The normalized spacial score (nSPS) is 30.1. The molecule has 0 bridgehead atoms. The van der Waals surface area contributed by atoms with Crippen LogP contribution in [0.1, 0.15) is 57.4 Å². The van der Waals surface area contributed by atoms with Crippen molar-refractivity contribution in [2.45, 2.75) is 64.0 Å². The van der Waals surface area contributed by atoms with E-state index < -0.39 is 0 Å². The van der Waals surface area contributed by atoms with Crippen LogP contribution in [0.15, 0.2) is 29.3 Å². The number of rotatable bonds is 3. The molecule has 1 saturated carbocycles. The summed E-state index contributed by atoms with van der Waals surface area (Å²) in [4.78, 5) is 4.78. The molecule has 1 aromatic rings. The molecule has 3 unspecified atom stereocenters. The van der Waals surface area contributed by atoms with Gasteiger partial charge in [-0.2, -0.15) is 0 Å². The highest BCUT2D eigenvalue weighted by Gasteiger charge is 2.34. The number of para-hydroxylation sites is 1. The number of hydrogen-bond acceptors (Lipinski definition) is 2. The van der Waals surface area contributed by atoms with Crippen molar-refractivity contribution in [3.05, 3.63) is 29.8 Å². The Morgan fingerprint density at radius 3 is 2.80 bits per heavy atom. The smallest absolute Gasteiger partial charge is 0.0660 e. The summed E-state index contributed by atoms with van der Waals surface area (Å²) >= 11 is 0. The highest BCUT2D eigenvalue weighted by Crippen LogP contribution is 2.33. The molecule has 1 aromatic carbocycles. The Hall–Kier alpha value is -1.15. The summed E-state index contributed by atoms with van der Waals surface area (Å²) in [6.07, 6.45) is 9.01. The van der Waals surface area contributed by atoms with E-state index >= 15 is 0 Å². The van der Waals surface area contributed by atoms with Crippen molar-refractivity contribution in [2.24, 2.45) is 10.9 Å². The van der Waals surface area contributed by atoms with Gasteiger partial charge in [-0.3, -0.25) is 4.99 Å². The molecule has 1 heterocycles. The molecule has 2 aliphatic rings. The van der Waals surface area contributed by atoms with Gasteiger partial charge in [-0.15, -0.1) is 0 Å². The van der Waals surface area contributed by atoms with Crippen LogP contribution < -0.4 is 5.32 Å². The molecule has 0 aromatic heterocycles. The Labute approximate surface area is 122 Å². The largest absolute Gasteiger partial charge is 0.306 e. The van der Waals surface area contributed by atoms with Gasteiger partial charge in [0.25, 0.3) is 0 Å². The highest BCUT2D eigenvalue weighted by molar-refractivity contribution is 5.70. The van der Waals surface area contributed by atoms with Crippen LogP contribution in [-0.2, 0) is 0 Å². The predicted octanol–water partition coefficient (Wildman–Crippen LogP) is 4.43. The first-order valence-electron chi connectivity index (χ1n) is 8.13. The van der Waals surface area contributed by atoms with Crippen molar-refractivity contribution in [2.75, 3.05) is 0 Å². The summed E-state index contributed by atoms with van der Waals surface area (Å²) in [6, 6.07) is 9.74. The number of aliphatic imine (C=N–C) groups is 1. The zero-order valence-electron chi connectivity index (χ0n) is 12.7. The third kappa shape index (κ3) is 2.95. The lowest BCUT2D eigenvalue weighted by atomic mass is 9.85. The average molecular weight is 270 g/mol. The number of hydrogen-bond donors (Lipinski definition) is 1. The standard InChI is InChI=1S/C18H26N2/c1-13(2)16-8-4-6-10-18(16)19-12-15-11-14-7-3-5-9-17(14)20-15/h4,6,8,10,12-15,17,20H,3,5,7,9,11H2,1-2H3. The Balaban J connectivity index is 1.69. The van der Waals surface area contributed by atoms with E-state index in [2.05, 4.69) is 49.6 Å². The van der Waals surface area contributed by atoms with Gasteiger partial charge in [0, 0.05) is 18.3 Å². The number of nitrogens with zero attached hydrogens (tertiary/aromatic N) is 1. The lowest BCUT2D eigenvalue weighted by Gasteiger charge is -2.24. The van der Waals surface area contributed by atoms with Gasteiger partial charge in [0.15, 0.2) is 0 Å². The maximum Gasteiger partial charge on any atom is 0.0660 e. The molecular formula is C18H26N2. The molecule has 1 aliphatic carbocycles. The zero-order chi connectivity index (χ0) is 13.9. The second-order valence-corrected chi connectivity index (χ2v) is 6.65. The topological polar surface area (TPSA) is 24.4 Å². The summed E-state index contributed by atoms with van der Waals surface area (Å²) in [5.41, 5.74) is 2.48. The molecule has 3 rings (SSSR count). The first-order valence-corrected chi connectivity index (χ1v) is 8.13. The van der Waals surface area contributed by atoms with Crippen molar-refractivity contribution >= 4 is 11.9 Å². The maximum atomic E-state index is 4.78. The van der Waals surface area contributed by atoms with E-state index in [1.54, 1.807) is 0 Å². The molecule has 2 fully saturated rings. The minimum absolute atomic E-state index is 0.475. The number of benzene rings is 1. The summed E-state index contributed by atoms with van der Waals surface area (Å²) in [7, 11) is 0. The Kier molecular flexibility index (Phi) is 4.21. The fourth-order valence-corrected chi connectivity index (χ4v) is 3.75. The van der Waals surface area contributed by atoms with E-state index in [9.17, 15) is 0 Å². The Bertz CT molecular complexity index is 464.